The molecule has 32 heavy (non-hydrogen) atoms. The monoisotopic (exact) mass is 471 g/mol. The van der Waals surface area contributed by atoms with Gasteiger partial charge < -0.3 is 4.90 Å². The van der Waals surface area contributed by atoms with Gasteiger partial charge in [-0.3, -0.25) is 0 Å². The van der Waals surface area contributed by atoms with Gasteiger partial charge >= 0.3 is 5.76 Å². The van der Waals surface area contributed by atoms with Crippen molar-refractivity contribution < 1.29 is 21.9 Å². The molecule has 2 aromatic rings. The van der Waals surface area contributed by atoms with Gasteiger partial charge in [0.15, 0.2) is 5.82 Å². The van der Waals surface area contributed by atoms with Crippen molar-refractivity contribution >= 4 is 32.9 Å². The minimum absolute atomic E-state index is 0.0347. The Labute approximate surface area is 187 Å². The van der Waals surface area contributed by atoms with Crippen molar-refractivity contribution in [1.82, 2.24) is 4.98 Å². The molecule has 1 atom stereocenters. The fraction of sp³-hybridized carbons (Fsp3) is 0.476. The topological polar surface area (TPSA) is 79.5 Å². The van der Waals surface area contributed by atoms with Crippen LogP contribution in [0.25, 0.3) is 0 Å². The quantitative estimate of drug-likeness (QED) is 0.303. The van der Waals surface area contributed by atoms with Crippen LogP contribution in [0.5, 0.6) is 0 Å². The van der Waals surface area contributed by atoms with E-state index in [1.165, 1.54) is 12.1 Å². The Bertz CT molecular complexity index is 1000. The number of aryl methyl sites for hydroxylation is 1. The molecule has 0 fully saturated rings. The minimum atomic E-state index is -4.89. The molecule has 11 heteroatoms. The smallest absolute Gasteiger partial charge is 0.345 e. The lowest BCUT2D eigenvalue weighted by Gasteiger charge is -2.25. The Morgan fingerprint density at radius 1 is 1.06 bits per heavy atom. The maximum Gasteiger partial charge on any atom is 0.345 e. The van der Waals surface area contributed by atoms with Crippen molar-refractivity contribution in [2.75, 3.05) is 18.0 Å². The summed E-state index contributed by atoms with van der Waals surface area (Å²) in [4.78, 5) is 6.17. The zero-order chi connectivity index (χ0) is 23.6. The summed E-state index contributed by atoms with van der Waals surface area (Å²) in [6.07, 6.45) is 5.41. The fourth-order valence-corrected chi connectivity index (χ4v) is 3.36. The number of alkyl halides is 2. The van der Waals surface area contributed by atoms with E-state index in [0.29, 0.717) is 5.69 Å². The van der Waals surface area contributed by atoms with Crippen molar-refractivity contribution in [3.05, 3.63) is 42.1 Å². The summed E-state index contributed by atoms with van der Waals surface area (Å²) in [6, 6.07) is 8.13. The maximum atomic E-state index is 13.2. The number of pyridine rings is 1. The zero-order valence-corrected chi connectivity index (χ0v) is 19.2. The highest BCUT2D eigenvalue weighted by atomic mass is 32.2. The number of rotatable bonds is 12. The van der Waals surface area contributed by atoms with Crippen molar-refractivity contribution in [3.8, 4) is 0 Å². The van der Waals surface area contributed by atoms with Gasteiger partial charge in [0.1, 0.15) is 11.4 Å². The molecule has 1 aromatic carbocycles. The Morgan fingerprint density at radius 2 is 1.75 bits per heavy atom. The SMILES string of the molecule is CCCCN(CCCC)c1ccc(N=Nc2ccc(C)cn2)c(N=S(=O)(OF)C(F)F)c1. The van der Waals surface area contributed by atoms with Crippen molar-refractivity contribution in [1.29, 1.82) is 0 Å². The second-order valence-corrected chi connectivity index (χ2v) is 8.89. The van der Waals surface area contributed by atoms with Gasteiger partial charge in [-0.1, -0.05) is 37.1 Å². The number of halogens is 3. The first kappa shape index (κ1) is 25.7. The van der Waals surface area contributed by atoms with Gasteiger partial charge in [-0.15, -0.1) is 10.2 Å². The van der Waals surface area contributed by atoms with Crippen LogP contribution in [0.2, 0.25) is 0 Å². The lowest BCUT2D eigenvalue weighted by molar-refractivity contribution is -0.000950. The van der Waals surface area contributed by atoms with E-state index in [-0.39, 0.29) is 17.2 Å². The van der Waals surface area contributed by atoms with E-state index >= 15 is 0 Å². The molecule has 7 nitrogen and oxygen atoms in total. The first-order valence-electron chi connectivity index (χ1n) is 10.4. The third-order valence-corrected chi connectivity index (χ3v) is 5.67. The van der Waals surface area contributed by atoms with E-state index in [4.69, 9.17) is 0 Å². The van der Waals surface area contributed by atoms with E-state index in [9.17, 15) is 17.5 Å². The number of hydrogen-bond acceptors (Lipinski definition) is 7. The van der Waals surface area contributed by atoms with Crippen LogP contribution in [-0.4, -0.2) is 28.0 Å². The third-order valence-electron chi connectivity index (χ3n) is 4.58. The fourth-order valence-electron chi connectivity index (χ4n) is 2.78. The molecule has 0 saturated heterocycles. The van der Waals surface area contributed by atoms with Crippen LogP contribution in [0.1, 0.15) is 45.1 Å². The molecule has 0 aliphatic rings. The summed E-state index contributed by atoms with van der Waals surface area (Å²) < 4.78 is 57.7. The van der Waals surface area contributed by atoms with Crippen LogP contribution in [-0.2, 0) is 14.4 Å². The van der Waals surface area contributed by atoms with Crippen LogP contribution in [0, 0.1) is 6.92 Å². The average molecular weight is 472 g/mol. The molecule has 0 aliphatic carbocycles. The Balaban J connectivity index is 2.53. The van der Waals surface area contributed by atoms with Crippen LogP contribution < -0.4 is 4.90 Å². The number of unbranched alkanes of at least 4 members (excludes halogenated alkanes) is 2. The molecule has 0 radical (unpaired) electrons. The largest absolute Gasteiger partial charge is 0.371 e. The molecular formula is C21H28F3N5O2S. The van der Waals surface area contributed by atoms with Gasteiger partial charge in [-0.2, -0.15) is 13.1 Å². The predicted molar refractivity (Wildman–Crippen MR) is 120 cm³/mol. The molecule has 1 heterocycles. The number of benzene rings is 1. The molecule has 0 aliphatic heterocycles. The summed E-state index contributed by atoms with van der Waals surface area (Å²) in [5.74, 6) is -3.36. The molecule has 1 aromatic heterocycles. The molecule has 0 spiro atoms. The number of hydrogen-bond donors (Lipinski definition) is 0. The number of nitrogens with zero attached hydrogens (tertiary/aromatic N) is 5. The van der Waals surface area contributed by atoms with E-state index in [1.54, 1.807) is 24.4 Å². The van der Waals surface area contributed by atoms with E-state index in [0.717, 1.165) is 44.3 Å². The number of anilines is 1. The lowest BCUT2D eigenvalue weighted by atomic mass is 10.2. The standard InChI is InChI=1S/C21H28F3N5O2S/c1-4-6-12-29(13-7-5-2)17-9-10-18(26-27-20-11-8-16(3)15-25-20)19(14-17)28-32(30,31-24)21(22)23/h8-11,14-15,21H,4-7,12-13H2,1-3H3. The summed E-state index contributed by atoms with van der Waals surface area (Å²) >= 11 is 0. The van der Waals surface area contributed by atoms with Crippen molar-refractivity contribution in [2.24, 2.45) is 14.6 Å². The van der Waals surface area contributed by atoms with Gasteiger partial charge in [0, 0.05) is 25.0 Å². The Kier molecular flexibility index (Phi) is 10.0. The van der Waals surface area contributed by atoms with Crippen molar-refractivity contribution in [3.63, 3.8) is 0 Å². The van der Waals surface area contributed by atoms with Crippen molar-refractivity contribution in [2.45, 2.75) is 52.2 Å². The molecule has 0 bridgehead atoms. The molecule has 0 saturated carbocycles. The Morgan fingerprint density at radius 3 is 2.28 bits per heavy atom. The van der Waals surface area contributed by atoms with Gasteiger partial charge in [0.25, 0.3) is 10.0 Å². The second kappa shape index (κ2) is 12.5. The molecule has 0 N–H and O–H groups in total. The third kappa shape index (κ3) is 7.27. The minimum Gasteiger partial charge on any atom is -0.371 e. The molecule has 176 valence electrons. The number of azo groups is 1. The van der Waals surface area contributed by atoms with Gasteiger partial charge in [0.05, 0.1) is 0 Å². The highest BCUT2D eigenvalue weighted by Crippen LogP contribution is 2.36. The lowest BCUT2D eigenvalue weighted by Crippen LogP contribution is -2.25. The van der Waals surface area contributed by atoms with Crippen LogP contribution in [0.3, 0.4) is 0 Å². The first-order chi connectivity index (χ1) is 15.3. The highest BCUT2D eigenvalue weighted by Gasteiger charge is 2.26. The molecule has 0 amide bonds. The maximum absolute atomic E-state index is 13.2. The second-order valence-electron chi connectivity index (χ2n) is 7.19. The van der Waals surface area contributed by atoms with Crippen LogP contribution in [0.4, 0.5) is 36.2 Å². The van der Waals surface area contributed by atoms with E-state index in [2.05, 4.69) is 42.7 Å². The van der Waals surface area contributed by atoms with Gasteiger partial charge in [0.2, 0.25) is 0 Å². The zero-order valence-electron chi connectivity index (χ0n) is 18.4. The normalized spacial score (nSPS) is 13.5. The molecule has 2 rings (SSSR count). The predicted octanol–water partition coefficient (Wildman–Crippen LogP) is 7.35. The summed E-state index contributed by atoms with van der Waals surface area (Å²) in [5.41, 5.74) is 1.43. The highest BCUT2D eigenvalue weighted by molar-refractivity contribution is 7.89. The average Bonchev–Trinajstić information content (AvgIpc) is 2.79. The Hall–Kier alpha value is -2.53. The van der Waals surface area contributed by atoms with E-state index < -0.39 is 15.8 Å². The number of aromatic nitrogens is 1. The molecular weight excluding hydrogens is 443 g/mol. The van der Waals surface area contributed by atoms with Gasteiger partial charge in [-0.05, 0) is 54.1 Å². The summed E-state index contributed by atoms with van der Waals surface area (Å²) in [6.45, 7) is 7.49. The van der Waals surface area contributed by atoms with Crippen LogP contribution in [0.15, 0.2) is 51.1 Å². The summed E-state index contributed by atoms with van der Waals surface area (Å²) in [5, 5.41) is 7.99. The first-order valence-corrected chi connectivity index (χ1v) is 11.9. The van der Waals surface area contributed by atoms with E-state index in [1.807, 2.05) is 6.92 Å². The van der Waals surface area contributed by atoms with Crippen LogP contribution >= 0.6 is 0 Å². The molecule has 1 unspecified atom stereocenters. The summed E-state index contributed by atoms with van der Waals surface area (Å²) in [7, 11) is -4.89. The van der Waals surface area contributed by atoms with Gasteiger partial charge in [-0.25, -0.2) is 9.19 Å².